The van der Waals surface area contributed by atoms with Crippen LogP contribution in [0.4, 0.5) is 0 Å². The van der Waals surface area contributed by atoms with Gasteiger partial charge in [-0.3, -0.25) is 9.59 Å². The minimum Gasteiger partial charge on any atom is -0.481 e. The van der Waals surface area contributed by atoms with Crippen molar-refractivity contribution in [2.75, 3.05) is 13.6 Å². The molecule has 6 nitrogen and oxygen atoms in total. The molecule has 0 spiro atoms. The smallest absolute Gasteiger partial charge is 0.308 e. The molecule has 128 valence electrons. The van der Waals surface area contributed by atoms with Crippen LogP contribution in [0.3, 0.4) is 0 Å². The number of carbonyl (C=O) groups is 2. The number of aliphatic carboxylic acids is 1. The summed E-state index contributed by atoms with van der Waals surface area (Å²) in [6.45, 7) is 7.64. The van der Waals surface area contributed by atoms with Gasteiger partial charge in [-0.25, -0.2) is 4.68 Å². The van der Waals surface area contributed by atoms with E-state index in [2.05, 4.69) is 11.2 Å². The average molecular weight is 329 g/mol. The van der Waals surface area contributed by atoms with E-state index in [-0.39, 0.29) is 12.5 Å². The molecule has 0 bridgehead atoms. The maximum atomic E-state index is 12.5. The molecule has 0 aliphatic rings. The number of carboxylic acids is 1. The molecule has 1 aromatic heterocycles. The highest BCUT2D eigenvalue weighted by molar-refractivity contribution is 5.92. The molecule has 6 heteroatoms. The molecule has 0 aliphatic heterocycles. The number of benzene rings is 1. The molecule has 0 aliphatic carbocycles. The Morgan fingerprint density at radius 3 is 2.29 bits per heavy atom. The normalized spacial score (nSPS) is 12.0. The number of hydrogen-bond acceptors (Lipinski definition) is 3. The van der Waals surface area contributed by atoms with Crippen LogP contribution >= 0.6 is 0 Å². The standard InChI is InChI=1S/C18H23N3O3/c1-11-6-12(2)8-15(7-11)21-14(4)9-16(19-21)17(22)20(5)10-13(3)18(23)24/h6-9,13H,10H2,1-5H3,(H,23,24). The van der Waals surface area contributed by atoms with Crippen molar-refractivity contribution in [2.24, 2.45) is 5.92 Å². The number of aromatic nitrogens is 2. The molecule has 24 heavy (non-hydrogen) atoms. The molecule has 1 amide bonds. The maximum Gasteiger partial charge on any atom is 0.308 e. The summed E-state index contributed by atoms with van der Waals surface area (Å²) in [5.41, 5.74) is 4.32. The van der Waals surface area contributed by atoms with E-state index in [1.807, 2.05) is 32.9 Å². The van der Waals surface area contributed by atoms with E-state index in [1.54, 1.807) is 24.7 Å². The van der Waals surface area contributed by atoms with E-state index in [9.17, 15) is 9.59 Å². The Labute approximate surface area is 141 Å². The van der Waals surface area contributed by atoms with Crippen LogP contribution in [0.25, 0.3) is 5.69 Å². The molecule has 2 rings (SSSR count). The van der Waals surface area contributed by atoms with E-state index in [1.165, 1.54) is 4.90 Å². The second-order valence-corrected chi connectivity index (χ2v) is 6.35. The topological polar surface area (TPSA) is 75.4 Å². The number of carbonyl (C=O) groups excluding carboxylic acids is 1. The summed E-state index contributed by atoms with van der Waals surface area (Å²) in [6, 6.07) is 7.83. The molecule has 1 unspecified atom stereocenters. The highest BCUT2D eigenvalue weighted by Gasteiger charge is 2.21. The lowest BCUT2D eigenvalue weighted by Gasteiger charge is -2.18. The van der Waals surface area contributed by atoms with Gasteiger partial charge in [0.25, 0.3) is 5.91 Å². The fourth-order valence-electron chi connectivity index (χ4n) is 2.68. The van der Waals surface area contributed by atoms with Crippen LogP contribution in [-0.2, 0) is 4.79 Å². The van der Waals surface area contributed by atoms with Crippen LogP contribution in [-0.4, -0.2) is 45.3 Å². The van der Waals surface area contributed by atoms with Crippen molar-refractivity contribution >= 4 is 11.9 Å². The van der Waals surface area contributed by atoms with Gasteiger partial charge in [-0.2, -0.15) is 5.10 Å². The molecule has 1 aromatic carbocycles. The van der Waals surface area contributed by atoms with Gasteiger partial charge < -0.3 is 10.0 Å². The summed E-state index contributed by atoms with van der Waals surface area (Å²) < 4.78 is 1.74. The third-order valence-corrected chi connectivity index (χ3v) is 3.87. The minimum absolute atomic E-state index is 0.142. The van der Waals surface area contributed by atoms with E-state index >= 15 is 0 Å². The van der Waals surface area contributed by atoms with Crippen LogP contribution in [0.15, 0.2) is 24.3 Å². The number of aryl methyl sites for hydroxylation is 3. The Morgan fingerprint density at radius 1 is 1.17 bits per heavy atom. The van der Waals surface area contributed by atoms with Crippen molar-refractivity contribution in [3.05, 3.63) is 46.8 Å². The average Bonchev–Trinajstić information content (AvgIpc) is 2.87. The second kappa shape index (κ2) is 6.86. The summed E-state index contributed by atoms with van der Waals surface area (Å²) in [4.78, 5) is 24.8. The van der Waals surface area contributed by atoms with E-state index < -0.39 is 11.9 Å². The molecule has 2 aromatic rings. The van der Waals surface area contributed by atoms with Gasteiger partial charge in [0.2, 0.25) is 0 Å². The van der Waals surface area contributed by atoms with Gasteiger partial charge in [-0.1, -0.05) is 13.0 Å². The van der Waals surface area contributed by atoms with Crippen molar-refractivity contribution < 1.29 is 14.7 Å². The number of amides is 1. The summed E-state index contributed by atoms with van der Waals surface area (Å²) in [5, 5.41) is 13.4. The lowest BCUT2D eigenvalue weighted by Crippen LogP contribution is -2.34. The molecule has 0 radical (unpaired) electrons. The number of rotatable bonds is 5. The van der Waals surface area contributed by atoms with E-state index in [0.717, 1.165) is 22.5 Å². The first-order valence-electron chi connectivity index (χ1n) is 7.82. The lowest BCUT2D eigenvalue weighted by molar-refractivity contribution is -0.141. The molecule has 0 saturated heterocycles. The van der Waals surface area contributed by atoms with Crippen molar-refractivity contribution in [2.45, 2.75) is 27.7 Å². The Balaban J connectivity index is 2.27. The Morgan fingerprint density at radius 2 is 1.75 bits per heavy atom. The fourth-order valence-corrected chi connectivity index (χ4v) is 2.68. The largest absolute Gasteiger partial charge is 0.481 e. The van der Waals surface area contributed by atoms with Crippen molar-refractivity contribution in [1.29, 1.82) is 0 Å². The Kier molecular flexibility index (Phi) is 5.07. The van der Waals surface area contributed by atoms with E-state index in [4.69, 9.17) is 5.11 Å². The Bertz CT molecular complexity index is 760. The quantitative estimate of drug-likeness (QED) is 0.915. The van der Waals surface area contributed by atoms with Crippen LogP contribution in [0, 0.1) is 26.7 Å². The molecule has 1 atom stereocenters. The maximum absolute atomic E-state index is 12.5. The monoisotopic (exact) mass is 329 g/mol. The summed E-state index contributed by atoms with van der Waals surface area (Å²) in [7, 11) is 1.59. The van der Waals surface area contributed by atoms with Crippen molar-refractivity contribution in [1.82, 2.24) is 14.7 Å². The molecule has 0 saturated carbocycles. The highest BCUT2D eigenvalue weighted by Crippen LogP contribution is 2.17. The second-order valence-electron chi connectivity index (χ2n) is 6.35. The van der Waals surface area contributed by atoms with E-state index in [0.29, 0.717) is 5.69 Å². The summed E-state index contributed by atoms with van der Waals surface area (Å²) >= 11 is 0. The molecule has 0 fully saturated rings. The van der Waals surface area contributed by atoms with Gasteiger partial charge >= 0.3 is 5.97 Å². The zero-order chi connectivity index (χ0) is 18.0. The van der Waals surface area contributed by atoms with Gasteiger partial charge in [-0.05, 0) is 50.1 Å². The van der Waals surface area contributed by atoms with Crippen LogP contribution in [0.1, 0.15) is 34.2 Å². The van der Waals surface area contributed by atoms with Crippen molar-refractivity contribution in [3.63, 3.8) is 0 Å². The first-order chi connectivity index (χ1) is 11.2. The van der Waals surface area contributed by atoms with Crippen LogP contribution in [0.5, 0.6) is 0 Å². The first-order valence-corrected chi connectivity index (χ1v) is 7.82. The number of nitrogens with zero attached hydrogens (tertiary/aromatic N) is 3. The zero-order valence-electron chi connectivity index (χ0n) is 14.7. The summed E-state index contributed by atoms with van der Waals surface area (Å²) in [6.07, 6.45) is 0. The van der Waals surface area contributed by atoms with Gasteiger partial charge in [-0.15, -0.1) is 0 Å². The fraction of sp³-hybridized carbons (Fsp3) is 0.389. The molecular formula is C18H23N3O3. The van der Waals surface area contributed by atoms with Crippen LogP contribution in [0.2, 0.25) is 0 Å². The number of carboxylic acid groups (broad SMARTS) is 1. The van der Waals surface area contributed by atoms with Gasteiger partial charge in [0.05, 0.1) is 11.6 Å². The van der Waals surface area contributed by atoms with Gasteiger partial charge in [0, 0.05) is 19.3 Å². The predicted octanol–water partition coefficient (Wildman–Crippen LogP) is 2.59. The molecular weight excluding hydrogens is 306 g/mol. The third-order valence-electron chi connectivity index (χ3n) is 3.87. The zero-order valence-corrected chi connectivity index (χ0v) is 14.7. The Hall–Kier alpha value is -2.63. The van der Waals surface area contributed by atoms with Crippen LogP contribution < -0.4 is 0 Å². The molecule has 1 heterocycles. The SMILES string of the molecule is Cc1cc(C)cc(-n2nc(C(=O)N(C)CC(C)C(=O)O)cc2C)c1. The lowest BCUT2D eigenvalue weighted by atomic mass is 10.1. The van der Waals surface area contributed by atoms with Crippen molar-refractivity contribution in [3.8, 4) is 5.69 Å². The highest BCUT2D eigenvalue weighted by atomic mass is 16.4. The molecule has 1 N–H and O–H groups in total. The third kappa shape index (κ3) is 3.82. The minimum atomic E-state index is -0.924. The first kappa shape index (κ1) is 17.7. The predicted molar refractivity (Wildman–Crippen MR) is 91.5 cm³/mol. The summed E-state index contributed by atoms with van der Waals surface area (Å²) in [5.74, 6) is -1.83. The van der Waals surface area contributed by atoms with Gasteiger partial charge in [0.1, 0.15) is 0 Å². The number of hydrogen-bond donors (Lipinski definition) is 1. The van der Waals surface area contributed by atoms with Gasteiger partial charge in [0.15, 0.2) is 5.69 Å².